The molecule has 0 aromatic carbocycles. The van der Waals surface area contributed by atoms with Gasteiger partial charge in [0.2, 0.25) is 0 Å². The summed E-state index contributed by atoms with van der Waals surface area (Å²) in [6, 6.07) is 0. The van der Waals surface area contributed by atoms with E-state index in [0.717, 1.165) is 12.3 Å². The minimum atomic E-state index is -0.603. The molecule has 1 fully saturated rings. The molecule has 1 saturated carbocycles. The maximum absolute atomic E-state index is 9.77. The van der Waals surface area contributed by atoms with E-state index in [2.05, 4.69) is 28.9 Å². The molecule has 2 heteroatoms. The minimum Gasteiger partial charge on any atom is -0.389 e. The van der Waals surface area contributed by atoms with Gasteiger partial charge in [-0.3, -0.25) is 0 Å². The van der Waals surface area contributed by atoms with Crippen LogP contribution in [0.1, 0.15) is 52.9 Å². The highest BCUT2D eigenvalue weighted by Gasteiger charge is 2.24. The van der Waals surface area contributed by atoms with Gasteiger partial charge < -0.3 is 5.11 Å². The number of alkyl halides is 1. The third kappa shape index (κ3) is 5.72. The molecule has 2 unspecified atom stereocenters. The summed E-state index contributed by atoms with van der Waals surface area (Å²) in [4.78, 5) is 0.209. The smallest absolute Gasteiger partial charge is 0.0716 e. The predicted octanol–water partition coefficient (Wildman–Crippen LogP) is 4.05. The highest BCUT2D eigenvalue weighted by molar-refractivity contribution is 9.09. The Labute approximate surface area is 102 Å². The van der Waals surface area contributed by atoms with Crippen molar-refractivity contribution < 1.29 is 5.11 Å². The summed E-state index contributed by atoms with van der Waals surface area (Å²) in [6.45, 7) is 6.02. The van der Waals surface area contributed by atoms with Gasteiger partial charge in [-0.15, -0.1) is 0 Å². The van der Waals surface area contributed by atoms with Gasteiger partial charge in [-0.05, 0) is 51.9 Å². The van der Waals surface area contributed by atoms with Crippen LogP contribution in [0, 0.1) is 5.92 Å². The van der Waals surface area contributed by atoms with Crippen LogP contribution in [0.15, 0.2) is 11.6 Å². The first-order chi connectivity index (χ1) is 6.89. The van der Waals surface area contributed by atoms with Crippen LogP contribution in [0.5, 0.6) is 0 Å². The van der Waals surface area contributed by atoms with Gasteiger partial charge in [0.15, 0.2) is 0 Å². The molecule has 0 spiro atoms. The first kappa shape index (κ1) is 13.2. The number of hydrogen-bond acceptors (Lipinski definition) is 1. The number of aliphatic hydroxyl groups is 1. The van der Waals surface area contributed by atoms with E-state index in [1.165, 1.54) is 25.7 Å². The van der Waals surface area contributed by atoms with Gasteiger partial charge in [0.1, 0.15) is 0 Å². The van der Waals surface area contributed by atoms with E-state index in [0.29, 0.717) is 0 Å². The lowest BCUT2D eigenvalue weighted by atomic mass is 9.95. The van der Waals surface area contributed by atoms with Crippen LogP contribution in [-0.2, 0) is 0 Å². The SMILES string of the molecule is CC(CC=C1CC1)CCC(Br)C(C)(C)O. The average molecular weight is 275 g/mol. The number of allylic oxidation sites excluding steroid dienone is 2. The lowest BCUT2D eigenvalue weighted by Crippen LogP contribution is -2.31. The summed E-state index contributed by atoms with van der Waals surface area (Å²) < 4.78 is 0. The van der Waals surface area contributed by atoms with Crippen molar-refractivity contribution in [3.63, 3.8) is 0 Å². The summed E-state index contributed by atoms with van der Waals surface area (Å²) in [5, 5.41) is 9.77. The molecule has 0 saturated heterocycles. The normalized spacial score (nSPS) is 19.9. The molecule has 0 amide bonds. The Morgan fingerprint density at radius 1 is 1.40 bits per heavy atom. The van der Waals surface area contributed by atoms with Crippen LogP contribution in [0.4, 0.5) is 0 Å². The Kier molecular flexibility index (Phi) is 4.85. The third-order valence-electron chi connectivity index (χ3n) is 3.03. The predicted molar refractivity (Wildman–Crippen MR) is 69.3 cm³/mol. The van der Waals surface area contributed by atoms with Crippen LogP contribution in [0.3, 0.4) is 0 Å². The fourth-order valence-corrected chi connectivity index (χ4v) is 1.81. The fourth-order valence-electron chi connectivity index (χ4n) is 1.55. The molecule has 0 aromatic rings. The van der Waals surface area contributed by atoms with Gasteiger partial charge in [-0.2, -0.15) is 0 Å². The molecule has 0 aromatic heterocycles. The van der Waals surface area contributed by atoms with Gasteiger partial charge in [-0.1, -0.05) is 34.5 Å². The first-order valence-corrected chi connectivity index (χ1v) is 6.85. The molecule has 0 heterocycles. The second-order valence-corrected chi connectivity index (χ2v) is 6.51. The highest BCUT2D eigenvalue weighted by atomic mass is 79.9. The summed E-state index contributed by atoms with van der Waals surface area (Å²) in [5.74, 6) is 0.737. The summed E-state index contributed by atoms with van der Waals surface area (Å²) in [7, 11) is 0. The molecule has 88 valence electrons. The Balaban J connectivity index is 2.15. The molecule has 15 heavy (non-hydrogen) atoms. The van der Waals surface area contributed by atoms with E-state index in [-0.39, 0.29) is 4.83 Å². The molecule has 1 rings (SSSR count). The molecular formula is C13H23BrO. The van der Waals surface area contributed by atoms with Gasteiger partial charge in [0.25, 0.3) is 0 Å². The standard InChI is InChI=1S/C13H23BrO/c1-10(4-6-11-7-8-11)5-9-12(14)13(2,3)15/h6,10,12,15H,4-5,7-9H2,1-3H3. The van der Waals surface area contributed by atoms with Crippen LogP contribution in [0.2, 0.25) is 0 Å². The van der Waals surface area contributed by atoms with Crippen molar-refractivity contribution in [1.82, 2.24) is 0 Å². The summed E-state index contributed by atoms with van der Waals surface area (Å²) >= 11 is 3.55. The van der Waals surface area contributed by atoms with E-state index < -0.39 is 5.60 Å². The molecule has 2 atom stereocenters. The molecule has 0 bridgehead atoms. The largest absolute Gasteiger partial charge is 0.389 e. The van der Waals surface area contributed by atoms with Crippen LogP contribution in [-0.4, -0.2) is 15.5 Å². The average Bonchev–Trinajstić information content (AvgIpc) is 2.92. The summed E-state index contributed by atoms with van der Waals surface area (Å²) in [5.41, 5.74) is 1.04. The van der Waals surface area contributed by atoms with Crippen molar-refractivity contribution in [3.8, 4) is 0 Å². The number of hydrogen-bond donors (Lipinski definition) is 1. The van der Waals surface area contributed by atoms with Gasteiger partial charge in [0.05, 0.1) is 5.60 Å². The fraction of sp³-hybridized carbons (Fsp3) is 0.846. The lowest BCUT2D eigenvalue weighted by Gasteiger charge is -2.25. The van der Waals surface area contributed by atoms with E-state index >= 15 is 0 Å². The van der Waals surface area contributed by atoms with Gasteiger partial charge >= 0.3 is 0 Å². The topological polar surface area (TPSA) is 20.2 Å². The summed E-state index contributed by atoms with van der Waals surface area (Å²) in [6.07, 6.45) is 8.51. The van der Waals surface area contributed by atoms with Crippen molar-refractivity contribution in [3.05, 3.63) is 11.6 Å². The maximum Gasteiger partial charge on any atom is 0.0716 e. The zero-order valence-corrected chi connectivity index (χ0v) is 11.7. The minimum absolute atomic E-state index is 0.209. The first-order valence-electron chi connectivity index (χ1n) is 5.94. The molecule has 1 nitrogen and oxygen atoms in total. The van der Waals surface area contributed by atoms with Crippen LogP contribution in [0.25, 0.3) is 0 Å². The number of halogens is 1. The Morgan fingerprint density at radius 3 is 2.47 bits per heavy atom. The van der Waals surface area contributed by atoms with Crippen molar-refractivity contribution in [2.75, 3.05) is 0 Å². The van der Waals surface area contributed by atoms with Crippen molar-refractivity contribution in [1.29, 1.82) is 0 Å². The molecule has 1 aliphatic rings. The number of rotatable bonds is 6. The molecular weight excluding hydrogens is 252 g/mol. The second kappa shape index (κ2) is 5.49. The van der Waals surface area contributed by atoms with Crippen molar-refractivity contribution in [2.24, 2.45) is 5.92 Å². The molecule has 1 aliphatic carbocycles. The monoisotopic (exact) mass is 274 g/mol. The zero-order chi connectivity index (χ0) is 11.5. The van der Waals surface area contributed by atoms with Gasteiger partial charge in [0, 0.05) is 4.83 Å². The van der Waals surface area contributed by atoms with Crippen molar-refractivity contribution in [2.45, 2.75) is 63.3 Å². The maximum atomic E-state index is 9.77. The van der Waals surface area contributed by atoms with Crippen molar-refractivity contribution >= 4 is 15.9 Å². The third-order valence-corrected chi connectivity index (χ3v) is 4.61. The molecule has 0 aliphatic heterocycles. The molecule has 0 radical (unpaired) electrons. The second-order valence-electron chi connectivity index (χ2n) is 5.40. The van der Waals surface area contributed by atoms with E-state index in [1.54, 1.807) is 5.57 Å². The van der Waals surface area contributed by atoms with Gasteiger partial charge in [-0.25, -0.2) is 0 Å². The zero-order valence-electron chi connectivity index (χ0n) is 10.1. The van der Waals surface area contributed by atoms with E-state index in [1.807, 2.05) is 13.8 Å². The highest BCUT2D eigenvalue weighted by Crippen LogP contribution is 2.30. The van der Waals surface area contributed by atoms with Crippen LogP contribution < -0.4 is 0 Å². The Hall–Kier alpha value is 0.180. The Bertz CT molecular complexity index is 221. The van der Waals surface area contributed by atoms with Crippen LogP contribution >= 0.6 is 15.9 Å². The van der Waals surface area contributed by atoms with E-state index in [4.69, 9.17) is 0 Å². The molecule has 1 N–H and O–H groups in total. The Morgan fingerprint density at radius 2 is 2.00 bits per heavy atom. The lowest BCUT2D eigenvalue weighted by molar-refractivity contribution is 0.0757. The quantitative estimate of drug-likeness (QED) is 0.573. The van der Waals surface area contributed by atoms with E-state index in [9.17, 15) is 5.11 Å².